The molecule has 1 aromatic rings. The van der Waals surface area contributed by atoms with Crippen molar-refractivity contribution in [3.05, 3.63) is 35.4 Å². The molecular formula is C16H20F3N. The number of unbranched alkanes of at least 4 members (excludes halogenated alkanes) is 1. The van der Waals surface area contributed by atoms with Crippen LogP contribution in [0.25, 0.3) is 0 Å². The number of hydrogen-bond acceptors (Lipinski definition) is 1. The summed E-state index contributed by atoms with van der Waals surface area (Å²) >= 11 is 0. The van der Waals surface area contributed by atoms with E-state index in [0.29, 0.717) is 6.42 Å². The molecule has 0 spiro atoms. The van der Waals surface area contributed by atoms with Crippen LogP contribution in [0, 0.1) is 12.3 Å². The van der Waals surface area contributed by atoms with E-state index in [9.17, 15) is 13.2 Å². The van der Waals surface area contributed by atoms with Crippen molar-refractivity contribution in [2.75, 3.05) is 6.54 Å². The topological polar surface area (TPSA) is 12.0 Å². The zero-order valence-corrected chi connectivity index (χ0v) is 11.6. The Hall–Kier alpha value is -1.47. The average Bonchev–Trinajstić information content (AvgIpc) is 2.42. The molecule has 0 aliphatic heterocycles. The lowest BCUT2D eigenvalue weighted by Gasteiger charge is -2.19. The third-order valence-corrected chi connectivity index (χ3v) is 3.10. The monoisotopic (exact) mass is 283 g/mol. The van der Waals surface area contributed by atoms with Gasteiger partial charge in [-0.2, -0.15) is 13.2 Å². The molecule has 0 fully saturated rings. The van der Waals surface area contributed by atoms with Gasteiger partial charge in [-0.15, -0.1) is 12.3 Å². The first-order valence-corrected chi connectivity index (χ1v) is 6.83. The van der Waals surface area contributed by atoms with Crippen LogP contribution in [-0.2, 0) is 6.18 Å². The Kier molecular flexibility index (Phi) is 6.60. The summed E-state index contributed by atoms with van der Waals surface area (Å²) in [7, 11) is 0. The van der Waals surface area contributed by atoms with Gasteiger partial charge in [-0.25, -0.2) is 0 Å². The third kappa shape index (κ3) is 5.26. The summed E-state index contributed by atoms with van der Waals surface area (Å²) in [6.45, 7) is 2.89. The number of nitrogens with one attached hydrogen (secondary N) is 1. The van der Waals surface area contributed by atoms with Crippen LogP contribution in [-0.4, -0.2) is 6.54 Å². The van der Waals surface area contributed by atoms with E-state index in [2.05, 4.69) is 18.2 Å². The van der Waals surface area contributed by atoms with Crippen LogP contribution in [0.5, 0.6) is 0 Å². The van der Waals surface area contributed by atoms with Gasteiger partial charge in [-0.05, 0) is 43.5 Å². The molecule has 1 aromatic carbocycles. The molecule has 1 rings (SSSR count). The lowest BCUT2D eigenvalue weighted by molar-refractivity contribution is -0.137. The van der Waals surface area contributed by atoms with Crippen LogP contribution in [0.15, 0.2) is 24.3 Å². The van der Waals surface area contributed by atoms with Crippen LogP contribution in [0.4, 0.5) is 13.2 Å². The Morgan fingerprint density at radius 2 is 1.90 bits per heavy atom. The van der Waals surface area contributed by atoms with Crippen LogP contribution in [0.2, 0.25) is 0 Å². The molecule has 0 aromatic heterocycles. The van der Waals surface area contributed by atoms with Gasteiger partial charge in [0.25, 0.3) is 0 Å². The van der Waals surface area contributed by atoms with Crippen molar-refractivity contribution in [2.45, 2.75) is 44.8 Å². The van der Waals surface area contributed by atoms with Gasteiger partial charge in [0.15, 0.2) is 0 Å². The molecular weight excluding hydrogens is 263 g/mol. The van der Waals surface area contributed by atoms with Crippen molar-refractivity contribution < 1.29 is 13.2 Å². The minimum Gasteiger partial charge on any atom is -0.310 e. The van der Waals surface area contributed by atoms with Gasteiger partial charge in [0, 0.05) is 12.5 Å². The van der Waals surface area contributed by atoms with Crippen LogP contribution < -0.4 is 5.32 Å². The molecule has 1 N–H and O–H groups in total. The summed E-state index contributed by atoms with van der Waals surface area (Å²) in [6, 6.07) is 5.43. The van der Waals surface area contributed by atoms with E-state index in [0.717, 1.165) is 43.5 Å². The fourth-order valence-corrected chi connectivity index (χ4v) is 2.02. The maximum Gasteiger partial charge on any atom is 0.416 e. The second-order valence-corrected chi connectivity index (χ2v) is 4.72. The first kappa shape index (κ1) is 16.6. The van der Waals surface area contributed by atoms with E-state index in [4.69, 9.17) is 6.42 Å². The highest BCUT2D eigenvalue weighted by molar-refractivity contribution is 5.26. The Balaban J connectivity index is 2.76. The lowest BCUT2D eigenvalue weighted by Crippen LogP contribution is -2.22. The first-order chi connectivity index (χ1) is 9.49. The molecule has 1 unspecified atom stereocenters. The van der Waals surface area contributed by atoms with Crippen molar-refractivity contribution in [3.63, 3.8) is 0 Å². The fourth-order valence-electron chi connectivity index (χ4n) is 2.02. The predicted octanol–water partition coefficient (Wildman–Crippen LogP) is 4.55. The molecule has 0 aliphatic carbocycles. The SMILES string of the molecule is C#CCCCC(NCCC)c1ccc(C(F)(F)F)cc1. The van der Waals surface area contributed by atoms with Crippen LogP contribution in [0.3, 0.4) is 0 Å². The summed E-state index contributed by atoms with van der Waals surface area (Å²) in [5.41, 5.74) is 0.266. The van der Waals surface area contributed by atoms with Crippen molar-refractivity contribution in [3.8, 4) is 12.3 Å². The molecule has 1 atom stereocenters. The van der Waals surface area contributed by atoms with Gasteiger partial charge in [0.2, 0.25) is 0 Å². The summed E-state index contributed by atoms with van der Waals surface area (Å²) in [5.74, 6) is 2.58. The molecule has 110 valence electrons. The van der Waals surface area contributed by atoms with Gasteiger partial charge in [0.1, 0.15) is 0 Å². The van der Waals surface area contributed by atoms with Crippen LogP contribution >= 0.6 is 0 Å². The number of halogens is 3. The minimum atomic E-state index is -4.28. The van der Waals surface area contributed by atoms with Gasteiger partial charge in [-0.3, -0.25) is 0 Å². The number of benzene rings is 1. The van der Waals surface area contributed by atoms with Gasteiger partial charge >= 0.3 is 6.18 Å². The van der Waals surface area contributed by atoms with Crippen molar-refractivity contribution in [1.29, 1.82) is 0 Å². The lowest BCUT2D eigenvalue weighted by atomic mass is 9.99. The smallest absolute Gasteiger partial charge is 0.310 e. The second-order valence-electron chi connectivity index (χ2n) is 4.72. The number of terminal acetylenes is 1. The molecule has 0 bridgehead atoms. The number of hydrogen-bond donors (Lipinski definition) is 1. The molecule has 4 heteroatoms. The van der Waals surface area contributed by atoms with E-state index in [1.807, 2.05) is 0 Å². The second kappa shape index (κ2) is 7.96. The van der Waals surface area contributed by atoms with Crippen molar-refractivity contribution >= 4 is 0 Å². The Morgan fingerprint density at radius 3 is 2.40 bits per heavy atom. The van der Waals surface area contributed by atoms with Gasteiger partial charge in [0.05, 0.1) is 5.56 Å². The zero-order valence-electron chi connectivity index (χ0n) is 11.6. The first-order valence-electron chi connectivity index (χ1n) is 6.83. The standard InChI is InChI=1S/C16H20F3N/c1-3-5-6-7-15(20-12-4-2)13-8-10-14(11-9-13)16(17,18)19/h1,8-11,15,20H,4-7,12H2,2H3. The molecule has 0 amide bonds. The maximum atomic E-state index is 12.5. The van der Waals surface area contributed by atoms with E-state index in [1.54, 1.807) is 12.1 Å². The number of alkyl halides is 3. The van der Waals surface area contributed by atoms with Gasteiger partial charge < -0.3 is 5.32 Å². The van der Waals surface area contributed by atoms with E-state index < -0.39 is 11.7 Å². The van der Waals surface area contributed by atoms with E-state index in [1.165, 1.54) is 0 Å². The molecule has 0 saturated heterocycles. The third-order valence-electron chi connectivity index (χ3n) is 3.10. The summed E-state index contributed by atoms with van der Waals surface area (Å²) < 4.78 is 37.6. The van der Waals surface area contributed by atoms with E-state index in [-0.39, 0.29) is 6.04 Å². The van der Waals surface area contributed by atoms with Crippen LogP contribution in [0.1, 0.15) is 49.8 Å². The van der Waals surface area contributed by atoms with Crippen molar-refractivity contribution in [2.24, 2.45) is 0 Å². The van der Waals surface area contributed by atoms with Gasteiger partial charge in [-0.1, -0.05) is 19.1 Å². The Labute approximate surface area is 118 Å². The van der Waals surface area contributed by atoms with E-state index >= 15 is 0 Å². The zero-order chi connectivity index (χ0) is 15.0. The maximum absolute atomic E-state index is 12.5. The molecule has 0 radical (unpaired) electrons. The summed E-state index contributed by atoms with van der Waals surface area (Å²) in [4.78, 5) is 0. The van der Waals surface area contributed by atoms with Crippen molar-refractivity contribution in [1.82, 2.24) is 5.32 Å². The summed E-state index contributed by atoms with van der Waals surface area (Å²) in [5, 5.41) is 3.35. The molecule has 0 saturated carbocycles. The average molecular weight is 283 g/mol. The predicted molar refractivity (Wildman–Crippen MR) is 75.2 cm³/mol. The highest BCUT2D eigenvalue weighted by Gasteiger charge is 2.30. The molecule has 0 heterocycles. The minimum absolute atomic E-state index is 0.0607. The highest BCUT2D eigenvalue weighted by Crippen LogP contribution is 2.30. The highest BCUT2D eigenvalue weighted by atomic mass is 19.4. The summed E-state index contributed by atoms with van der Waals surface area (Å²) in [6.07, 6.45) is 4.30. The molecule has 20 heavy (non-hydrogen) atoms. The quantitative estimate of drug-likeness (QED) is 0.572. The normalized spacial score (nSPS) is 12.9. The molecule has 0 aliphatic rings. The molecule has 1 nitrogen and oxygen atoms in total. The fraction of sp³-hybridized carbons (Fsp3) is 0.500. The number of rotatable bonds is 7. The Bertz CT molecular complexity index is 429. The Morgan fingerprint density at radius 1 is 1.25 bits per heavy atom. The largest absolute Gasteiger partial charge is 0.416 e.